The summed E-state index contributed by atoms with van der Waals surface area (Å²) in [4.78, 5) is 31.5. The molecule has 240 valence electrons. The molecular formula is C33H47F3N2O4S. The molecule has 0 amide bonds. The lowest BCUT2D eigenvalue weighted by atomic mass is 9.31. The van der Waals surface area contributed by atoms with Gasteiger partial charge in [0.25, 0.3) is 0 Å². The fourth-order valence-corrected chi connectivity index (χ4v) is 12.3. The summed E-state index contributed by atoms with van der Waals surface area (Å²) in [5, 5.41) is 0. The van der Waals surface area contributed by atoms with Crippen LogP contribution in [0.2, 0.25) is 0 Å². The van der Waals surface area contributed by atoms with Crippen molar-refractivity contribution in [2.75, 3.05) is 12.3 Å². The highest BCUT2D eigenvalue weighted by Crippen LogP contribution is 2.75. The number of alkyl halides is 3. The van der Waals surface area contributed by atoms with E-state index in [1.54, 1.807) is 0 Å². The molecule has 0 spiro atoms. The number of sulfonamides is 1. The molecule has 43 heavy (non-hydrogen) atoms. The van der Waals surface area contributed by atoms with Gasteiger partial charge in [0.2, 0.25) is 15.7 Å². The average molecular weight is 625 g/mol. The van der Waals surface area contributed by atoms with Gasteiger partial charge in [-0.05, 0) is 89.8 Å². The van der Waals surface area contributed by atoms with Crippen molar-refractivity contribution in [3.05, 3.63) is 23.2 Å². The lowest BCUT2D eigenvalue weighted by Crippen LogP contribution is -2.69. The normalized spacial score (nSPS) is 43.8. The maximum atomic E-state index is 14.6. The van der Waals surface area contributed by atoms with E-state index < -0.39 is 43.6 Å². The van der Waals surface area contributed by atoms with Gasteiger partial charge in [-0.3, -0.25) is 4.79 Å². The Morgan fingerprint density at radius 3 is 2.19 bits per heavy atom. The van der Waals surface area contributed by atoms with Gasteiger partial charge in [-0.25, -0.2) is 18.0 Å². The monoisotopic (exact) mass is 624 g/mol. The number of hydrogen-bond donors (Lipinski definition) is 1. The minimum Gasteiger partial charge on any atom is -0.307 e. The number of carbonyl (C=O) groups excluding carboxylic acids is 2. The highest BCUT2D eigenvalue weighted by Gasteiger charge is 2.72. The maximum Gasteiger partial charge on any atom is 0.404 e. The Kier molecular flexibility index (Phi) is 7.32. The molecule has 8 atom stereocenters. The topological polar surface area (TPSA) is 84.7 Å². The predicted molar refractivity (Wildman–Crippen MR) is 158 cm³/mol. The number of allylic oxidation sites excluding steroid dienone is 2. The van der Waals surface area contributed by atoms with Crippen LogP contribution in [0.3, 0.4) is 0 Å². The first-order valence-electron chi connectivity index (χ1n) is 15.7. The van der Waals surface area contributed by atoms with E-state index in [9.17, 15) is 31.2 Å². The van der Waals surface area contributed by atoms with Crippen molar-refractivity contribution in [1.29, 1.82) is 0 Å². The van der Waals surface area contributed by atoms with Crippen molar-refractivity contribution in [3.63, 3.8) is 0 Å². The molecule has 0 bridgehead atoms. The van der Waals surface area contributed by atoms with Crippen LogP contribution in [0, 0.1) is 62.7 Å². The molecule has 0 aromatic carbocycles. The predicted octanol–water partition coefficient (Wildman–Crippen LogP) is 7.12. The second-order valence-corrected chi connectivity index (χ2v) is 18.5. The van der Waals surface area contributed by atoms with Gasteiger partial charge in [-0.1, -0.05) is 54.5 Å². The molecule has 10 heteroatoms. The Labute approximate surface area is 254 Å². The van der Waals surface area contributed by atoms with Gasteiger partial charge in [0.05, 0.1) is 6.57 Å². The first kappa shape index (κ1) is 32.7. The average Bonchev–Trinajstić information content (AvgIpc) is 2.85. The maximum absolute atomic E-state index is 14.6. The van der Waals surface area contributed by atoms with E-state index >= 15 is 0 Å². The van der Waals surface area contributed by atoms with Crippen LogP contribution in [-0.2, 0) is 19.6 Å². The molecule has 0 aliphatic heterocycles. The summed E-state index contributed by atoms with van der Waals surface area (Å²) >= 11 is 0. The number of nitrogens with one attached hydrogen (secondary N) is 1. The van der Waals surface area contributed by atoms with Crippen LogP contribution in [-0.4, -0.2) is 38.5 Å². The summed E-state index contributed by atoms with van der Waals surface area (Å²) in [6.07, 6.45) is 2.52. The van der Waals surface area contributed by atoms with Crippen molar-refractivity contribution < 1.29 is 31.2 Å². The molecule has 0 saturated heterocycles. The van der Waals surface area contributed by atoms with E-state index in [1.165, 1.54) is 0 Å². The third-order valence-corrected chi connectivity index (χ3v) is 14.9. The van der Waals surface area contributed by atoms with E-state index in [-0.39, 0.29) is 58.3 Å². The van der Waals surface area contributed by atoms with Gasteiger partial charge in [-0.2, -0.15) is 13.2 Å². The molecule has 4 fully saturated rings. The summed E-state index contributed by atoms with van der Waals surface area (Å²) in [6, 6.07) is 0. The fourth-order valence-electron chi connectivity index (χ4n) is 11.2. The summed E-state index contributed by atoms with van der Waals surface area (Å²) < 4.78 is 66.4. The van der Waals surface area contributed by atoms with Crippen molar-refractivity contribution in [1.82, 2.24) is 4.72 Å². The molecule has 0 aromatic rings. The number of rotatable bonds is 4. The standard InChI is InChI=1S/C33H47F3N2O4S/c1-27(2)11-13-32(18-38-43(41,42)19-33(34,35)36)14-12-31(7)25(20(32)16-27)22(39)15-24-29(5)17-21(37-8)26(40)28(3,4)23(29)9-10-30(24,31)6/h17,20,23-25,38H,9-16,18-19H2,1-7H3/t20-,23-,24+,25-,29-,30+,31+,32+/m0/s1. The number of halogens is 3. The zero-order chi connectivity index (χ0) is 32.2. The van der Waals surface area contributed by atoms with Crippen LogP contribution < -0.4 is 4.72 Å². The molecule has 0 heterocycles. The number of fused-ring (bicyclic) bond motifs is 7. The molecule has 4 saturated carbocycles. The van der Waals surface area contributed by atoms with Crippen LogP contribution >= 0.6 is 0 Å². The molecule has 5 rings (SSSR count). The highest BCUT2D eigenvalue weighted by atomic mass is 32.2. The van der Waals surface area contributed by atoms with Crippen molar-refractivity contribution in [2.45, 2.75) is 106 Å². The van der Waals surface area contributed by atoms with Crippen LogP contribution in [0.25, 0.3) is 4.85 Å². The Morgan fingerprint density at radius 2 is 1.58 bits per heavy atom. The van der Waals surface area contributed by atoms with E-state index in [0.29, 0.717) is 32.1 Å². The summed E-state index contributed by atoms with van der Waals surface area (Å²) in [5.41, 5.74) is -2.42. The van der Waals surface area contributed by atoms with Crippen LogP contribution in [0.4, 0.5) is 13.2 Å². The minimum atomic E-state index is -4.83. The van der Waals surface area contributed by atoms with Gasteiger partial charge < -0.3 is 4.79 Å². The van der Waals surface area contributed by atoms with Crippen LogP contribution in [0.1, 0.15) is 99.8 Å². The van der Waals surface area contributed by atoms with Crippen molar-refractivity contribution in [2.24, 2.45) is 56.2 Å². The molecule has 0 aromatic heterocycles. The molecule has 5 aliphatic rings. The number of hydrogen-bond acceptors (Lipinski definition) is 4. The van der Waals surface area contributed by atoms with E-state index in [4.69, 9.17) is 6.57 Å². The Morgan fingerprint density at radius 1 is 0.953 bits per heavy atom. The molecule has 5 aliphatic carbocycles. The van der Waals surface area contributed by atoms with E-state index in [0.717, 1.165) is 19.3 Å². The Bertz CT molecular complexity index is 1410. The van der Waals surface area contributed by atoms with Crippen LogP contribution in [0.15, 0.2) is 11.8 Å². The van der Waals surface area contributed by atoms with Crippen molar-refractivity contribution >= 4 is 21.6 Å². The van der Waals surface area contributed by atoms with Crippen molar-refractivity contribution in [3.8, 4) is 0 Å². The largest absolute Gasteiger partial charge is 0.404 e. The van der Waals surface area contributed by atoms with Gasteiger partial charge in [0.1, 0.15) is 5.78 Å². The second-order valence-electron chi connectivity index (χ2n) is 16.7. The SMILES string of the molecule is [C-]#[N+]C1=C[C@]2(C)[C@H]3CC(=O)[C@@H]4[C@@H]5CC(C)(C)CC[C@]5(CNS(=O)(=O)CC(F)(F)F)CC[C@@]4(C)[C@]3(C)CC[C@H]2C(C)(C)C1=O. The lowest BCUT2D eigenvalue weighted by molar-refractivity contribution is -0.221. The first-order valence-corrected chi connectivity index (χ1v) is 17.3. The zero-order valence-electron chi connectivity index (χ0n) is 26.6. The van der Waals surface area contributed by atoms with Crippen LogP contribution in [0.5, 0.6) is 0 Å². The number of carbonyl (C=O) groups is 2. The third-order valence-electron chi connectivity index (χ3n) is 13.6. The molecular weight excluding hydrogens is 577 g/mol. The molecule has 0 unspecified atom stereocenters. The van der Waals surface area contributed by atoms with Gasteiger partial charge in [-0.15, -0.1) is 0 Å². The van der Waals surface area contributed by atoms with Gasteiger partial charge in [0, 0.05) is 24.3 Å². The van der Waals surface area contributed by atoms with Gasteiger partial charge in [0.15, 0.2) is 11.5 Å². The number of Topliss-reactive ketones (excluding diaryl/α,β-unsaturated/α-hetero) is 2. The zero-order valence-corrected chi connectivity index (χ0v) is 27.4. The lowest BCUT2D eigenvalue weighted by Gasteiger charge is -2.72. The highest BCUT2D eigenvalue weighted by molar-refractivity contribution is 7.89. The number of nitrogens with zero attached hydrogens (tertiary/aromatic N) is 1. The Balaban J connectivity index is 1.56. The summed E-state index contributed by atoms with van der Waals surface area (Å²) in [5.74, 6) is -2.45. The second kappa shape index (κ2) is 9.64. The summed E-state index contributed by atoms with van der Waals surface area (Å²) in [7, 11) is -4.58. The van der Waals surface area contributed by atoms with E-state index in [1.807, 2.05) is 19.9 Å². The molecule has 1 N–H and O–H groups in total. The Hall–Kier alpha value is -1.73. The van der Waals surface area contributed by atoms with Gasteiger partial charge >= 0.3 is 6.18 Å². The smallest absolute Gasteiger partial charge is 0.307 e. The number of ketones is 2. The molecule has 0 radical (unpaired) electrons. The minimum absolute atomic E-state index is 0.00311. The molecule has 6 nitrogen and oxygen atoms in total. The quantitative estimate of drug-likeness (QED) is 0.338. The fraction of sp³-hybridized carbons (Fsp3) is 0.848. The summed E-state index contributed by atoms with van der Waals surface area (Å²) in [6.45, 7) is 22.5. The first-order chi connectivity index (χ1) is 19.5. The van der Waals surface area contributed by atoms with E-state index in [2.05, 4.69) is 44.2 Å². The third kappa shape index (κ3) is 4.85.